The van der Waals surface area contributed by atoms with Gasteiger partial charge in [-0.05, 0) is 6.92 Å². The van der Waals surface area contributed by atoms with Gasteiger partial charge in [0.25, 0.3) is 5.79 Å². The van der Waals surface area contributed by atoms with Crippen molar-refractivity contribution in [3.8, 4) is 0 Å². The summed E-state index contributed by atoms with van der Waals surface area (Å²) in [6.07, 6.45) is -5.20. The molecular weight excluding hydrogens is 308 g/mol. The number of quaternary nitrogens is 2. The van der Waals surface area contributed by atoms with Crippen LogP contribution in [0.25, 0.3) is 0 Å². The molecule has 0 aromatic carbocycles. The van der Waals surface area contributed by atoms with Crippen molar-refractivity contribution in [2.75, 3.05) is 14.1 Å². The molecule has 2 heterocycles. The Morgan fingerprint density at radius 2 is 1.74 bits per heavy atom. The van der Waals surface area contributed by atoms with E-state index in [4.69, 9.17) is 14.2 Å². The summed E-state index contributed by atoms with van der Waals surface area (Å²) in [7, 11) is 3.52. The summed E-state index contributed by atoms with van der Waals surface area (Å²) >= 11 is 0. The van der Waals surface area contributed by atoms with Crippen molar-refractivity contribution in [2.45, 2.75) is 68.0 Å². The highest BCUT2D eigenvalue weighted by atomic mass is 16.8. The Labute approximate surface area is 133 Å². The number of ether oxygens (including phenoxy) is 3. The van der Waals surface area contributed by atoms with Crippen LogP contribution < -0.4 is 10.6 Å². The quantitative estimate of drug-likeness (QED) is 0.341. The SMILES string of the molecule is C[NH2+][C@H]1[C@@H](O)[C@H]2O[C@@H]3O[C@H](C)CC(=O)[C@@]3(O)O[C@H]2[C@@H]([NH2+]C)[C@H]1O. The van der Waals surface area contributed by atoms with Gasteiger partial charge in [0.15, 0.2) is 11.9 Å². The van der Waals surface area contributed by atoms with Gasteiger partial charge in [-0.25, -0.2) is 0 Å². The molecule has 1 saturated carbocycles. The maximum Gasteiger partial charge on any atom is 0.280 e. The van der Waals surface area contributed by atoms with Gasteiger partial charge in [-0.15, -0.1) is 0 Å². The van der Waals surface area contributed by atoms with Crippen molar-refractivity contribution in [3.63, 3.8) is 0 Å². The Kier molecular flexibility index (Phi) is 4.49. The van der Waals surface area contributed by atoms with Crippen molar-refractivity contribution < 1.29 is 45.0 Å². The Morgan fingerprint density at radius 1 is 1.09 bits per heavy atom. The second-order valence-electron chi connectivity index (χ2n) is 6.59. The fourth-order valence-corrected chi connectivity index (χ4v) is 3.86. The lowest BCUT2D eigenvalue weighted by Crippen LogP contribution is -3.03. The molecule has 0 aromatic rings. The summed E-state index contributed by atoms with van der Waals surface area (Å²) in [6, 6.07) is -0.981. The van der Waals surface area contributed by atoms with E-state index in [1.165, 1.54) is 0 Å². The van der Waals surface area contributed by atoms with Crippen LogP contribution in [0.3, 0.4) is 0 Å². The molecule has 1 aliphatic carbocycles. The molecular formula is C14H26N2O7+2. The van der Waals surface area contributed by atoms with Crippen molar-refractivity contribution in [3.05, 3.63) is 0 Å². The Bertz CT molecular complexity index is 478. The molecule has 9 heteroatoms. The number of Topliss-reactive ketones (excluding diaryl/α,β-unsaturated/α-hetero) is 1. The molecule has 7 N–H and O–H groups in total. The van der Waals surface area contributed by atoms with Gasteiger partial charge in [0, 0.05) is 6.42 Å². The van der Waals surface area contributed by atoms with E-state index in [2.05, 4.69) is 0 Å². The minimum atomic E-state index is -2.20. The lowest BCUT2D eigenvalue weighted by Gasteiger charge is -2.53. The fourth-order valence-electron chi connectivity index (χ4n) is 3.86. The predicted molar refractivity (Wildman–Crippen MR) is 73.9 cm³/mol. The van der Waals surface area contributed by atoms with Gasteiger partial charge in [-0.3, -0.25) is 4.79 Å². The Balaban J connectivity index is 1.92. The van der Waals surface area contributed by atoms with E-state index in [0.29, 0.717) is 0 Å². The average molecular weight is 334 g/mol. The third-order valence-electron chi connectivity index (χ3n) is 5.14. The molecule has 0 radical (unpaired) electrons. The first-order valence-corrected chi connectivity index (χ1v) is 8.03. The normalized spacial score (nSPS) is 53.6. The van der Waals surface area contributed by atoms with E-state index < -0.39 is 60.5 Å². The zero-order valence-corrected chi connectivity index (χ0v) is 13.5. The topological polar surface area (TPSA) is 139 Å². The van der Waals surface area contributed by atoms with Crippen LogP contribution in [-0.2, 0) is 19.0 Å². The molecule has 23 heavy (non-hydrogen) atoms. The summed E-state index contributed by atoms with van der Waals surface area (Å²) in [4.78, 5) is 12.2. The number of aliphatic hydroxyl groups excluding tert-OH is 2. The minimum Gasteiger partial charge on any atom is -0.384 e. The first-order chi connectivity index (χ1) is 10.8. The number of ketones is 1. The first-order valence-electron chi connectivity index (χ1n) is 8.03. The van der Waals surface area contributed by atoms with Gasteiger partial charge in [-0.1, -0.05) is 0 Å². The largest absolute Gasteiger partial charge is 0.384 e. The van der Waals surface area contributed by atoms with Crippen LogP contribution in [0, 0.1) is 0 Å². The number of carbonyl (C=O) groups is 1. The number of fused-ring (bicyclic) bond motifs is 2. The summed E-state index contributed by atoms with van der Waals surface area (Å²) < 4.78 is 16.9. The smallest absolute Gasteiger partial charge is 0.280 e. The third kappa shape index (κ3) is 2.52. The summed E-state index contributed by atoms with van der Waals surface area (Å²) in [5.74, 6) is -2.71. The zero-order valence-electron chi connectivity index (χ0n) is 13.5. The number of carbonyl (C=O) groups excluding carboxylic acids is 1. The molecule has 9 nitrogen and oxygen atoms in total. The average Bonchev–Trinajstić information content (AvgIpc) is 2.49. The fraction of sp³-hybridized carbons (Fsp3) is 0.929. The maximum absolute atomic E-state index is 12.2. The van der Waals surface area contributed by atoms with Crippen molar-refractivity contribution >= 4 is 5.78 Å². The molecule has 0 amide bonds. The van der Waals surface area contributed by atoms with Gasteiger partial charge >= 0.3 is 0 Å². The van der Waals surface area contributed by atoms with Crippen molar-refractivity contribution in [1.82, 2.24) is 0 Å². The van der Waals surface area contributed by atoms with E-state index in [9.17, 15) is 20.1 Å². The van der Waals surface area contributed by atoms with E-state index in [-0.39, 0.29) is 6.42 Å². The highest BCUT2D eigenvalue weighted by molar-refractivity contribution is 5.87. The third-order valence-corrected chi connectivity index (χ3v) is 5.14. The molecule has 0 aromatic heterocycles. The molecule has 3 rings (SSSR count). The molecule has 2 aliphatic heterocycles. The number of hydrogen-bond donors (Lipinski definition) is 5. The standard InChI is InChI=1S/C14H24N2O7/c1-5-4-6(17)14(20)13(21-5)22-12-10(19)7(15-2)9(18)8(16-3)11(12)23-14/h5,7-13,15-16,18-20H,4H2,1-3H3/p+2/t5-,7-,8+,9+,10-,11+,12-,13+,14-/m1/s1. The molecule has 0 unspecified atom stereocenters. The molecule has 0 spiro atoms. The highest BCUT2D eigenvalue weighted by Gasteiger charge is 2.65. The van der Waals surface area contributed by atoms with Crippen LogP contribution in [0.4, 0.5) is 0 Å². The molecule has 3 aliphatic rings. The van der Waals surface area contributed by atoms with E-state index >= 15 is 0 Å². The maximum atomic E-state index is 12.2. The predicted octanol–water partition coefficient (Wildman–Crippen LogP) is -4.98. The number of nitrogens with two attached hydrogens (primary N) is 2. The zero-order chi connectivity index (χ0) is 16.9. The minimum absolute atomic E-state index is 0.0186. The number of likely N-dealkylation sites (N-methyl/N-ethyl adjacent to an activating group) is 2. The lowest BCUT2D eigenvalue weighted by atomic mass is 9.80. The van der Waals surface area contributed by atoms with Crippen LogP contribution in [0.15, 0.2) is 0 Å². The summed E-state index contributed by atoms with van der Waals surface area (Å²) in [5.41, 5.74) is 0. The van der Waals surface area contributed by atoms with Crippen LogP contribution in [-0.4, -0.2) is 89.9 Å². The van der Waals surface area contributed by atoms with Crippen molar-refractivity contribution in [1.29, 1.82) is 0 Å². The number of hydrogen-bond acceptors (Lipinski definition) is 7. The second-order valence-corrected chi connectivity index (χ2v) is 6.59. The van der Waals surface area contributed by atoms with Crippen LogP contribution in [0.5, 0.6) is 0 Å². The Morgan fingerprint density at radius 3 is 2.35 bits per heavy atom. The van der Waals surface area contributed by atoms with E-state index in [1.807, 2.05) is 0 Å². The number of aliphatic hydroxyl groups is 3. The van der Waals surface area contributed by atoms with Crippen LogP contribution in [0.2, 0.25) is 0 Å². The summed E-state index contributed by atoms with van der Waals surface area (Å²) in [6.45, 7) is 1.71. The molecule has 3 fully saturated rings. The number of rotatable bonds is 2. The van der Waals surface area contributed by atoms with E-state index in [1.54, 1.807) is 31.7 Å². The molecule has 132 valence electrons. The van der Waals surface area contributed by atoms with Gasteiger partial charge in [0.1, 0.15) is 30.4 Å². The van der Waals surface area contributed by atoms with Crippen LogP contribution in [0.1, 0.15) is 13.3 Å². The van der Waals surface area contributed by atoms with E-state index in [0.717, 1.165) is 0 Å². The second kappa shape index (κ2) is 6.01. The lowest BCUT2D eigenvalue weighted by molar-refractivity contribution is -0.731. The van der Waals surface area contributed by atoms with Crippen molar-refractivity contribution in [2.24, 2.45) is 0 Å². The van der Waals surface area contributed by atoms with Gasteiger partial charge in [0.05, 0.1) is 20.2 Å². The molecule has 9 atom stereocenters. The molecule has 2 saturated heterocycles. The monoisotopic (exact) mass is 334 g/mol. The van der Waals surface area contributed by atoms with Gasteiger partial charge in [0.2, 0.25) is 6.29 Å². The molecule has 0 bridgehead atoms. The van der Waals surface area contributed by atoms with Gasteiger partial charge < -0.3 is 40.2 Å². The summed E-state index contributed by atoms with van der Waals surface area (Å²) in [5, 5.41) is 35.1. The van der Waals surface area contributed by atoms with Gasteiger partial charge in [-0.2, -0.15) is 0 Å². The highest BCUT2D eigenvalue weighted by Crippen LogP contribution is 2.39. The van der Waals surface area contributed by atoms with Crippen LogP contribution >= 0.6 is 0 Å². The first kappa shape index (κ1) is 17.2. The Hall–Kier alpha value is -0.650.